The molecule has 1 atom stereocenters. The van der Waals surface area contributed by atoms with Crippen LogP contribution in [0.4, 0.5) is 11.6 Å². The molecule has 0 spiro atoms. The monoisotopic (exact) mass is 651 g/mol. The van der Waals surface area contributed by atoms with E-state index >= 15 is 0 Å². The predicted molar refractivity (Wildman–Crippen MR) is 179 cm³/mol. The Morgan fingerprint density at radius 2 is 1.98 bits per heavy atom. The van der Waals surface area contributed by atoms with Gasteiger partial charge < -0.3 is 29.8 Å². The van der Waals surface area contributed by atoms with E-state index in [4.69, 9.17) is 25.7 Å². The van der Waals surface area contributed by atoms with Crippen molar-refractivity contribution in [2.75, 3.05) is 56.0 Å². The minimum Gasteiger partial charge on any atom is -0.484 e. The SMILES string of the molecule is CC(C)(C)N1CCN(c2cc(C(=O)NC[C@H](O)CN3CCc4c(ccc(OCc5cnco5)c4Cl)C3)cc(NC3CCC3)n2)CC1. The number of oxazole rings is 1. The van der Waals surface area contributed by atoms with Crippen LogP contribution in [-0.2, 0) is 19.6 Å². The molecule has 2 aromatic heterocycles. The third-order valence-corrected chi connectivity index (χ3v) is 9.70. The summed E-state index contributed by atoms with van der Waals surface area (Å²) in [6, 6.07) is 8.02. The normalized spacial score (nSPS) is 18.5. The average molecular weight is 652 g/mol. The number of anilines is 2. The molecule has 3 aromatic rings. The number of carbonyl (C=O) groups excluding carboxylic acids is 1. The zero-order valence-corrected chi connectivity index (χ0v) is 27.9. The number of hydrogen-bond donors (Lipinski definition) is 3. The molecule has 12 heteroatoms. The van der Waals surface area contributed by atoms with Gasteiger partial charge in [0.1, 0.15) is 24.0 Å². The fourth-order valence-corrected chi connectivity index (χ4v) is 6.64. The van der Waals surface area contributed by atoms with Crippen molar-refractivity contribution in [3.05, 3.63) is 64.3 Å². The van der Waals surface area contributed by atoms with Gasteiger partial charge in [-0.05, 0) is 75.8 Å². The van der Waals surface area contributed by atoms with Crippen molar-refractivity contribution >= 4 is 29.1 Å². The molecule has 6 rings (SSSR count). The molecule has 1 saturated heterocycles. The summed E-state index contributed by atoms with van der Waals surface area (Å²) in [5.74, 6) is 2.60. The summed E-state index contributed by atoms with van der Waals surface area (Å²) >= 11 is 6.70. The number of halogens is 1. The van der Waals surface area contributed by atoms with Crippen LogP contribution < -0.4 is 20.3 Å². The number of rotatable bonds is 11. The molecule has 1 aliphatic carbocycles. The Morgan fingerprint density at radius 3 is 2.67 bits per heavy atom. The topological polar surface area (TPSA) is 119 Å². The maximum Gasteiger partial charge on any atom is 0.251 e. The predicted octanol–water partition coefficient (Wildman–Crippen LogP) is 4.34. The Hall–Kier alpha value is -3.38. The molecule has 2 fully saturated rings. The molecule has 3 N–H and O–H groups in total. The lowest BCUT2D eigenvalue weighted by Crippen LogP contribution is -2.53. The second-order valence-electron chi connectivity index (χ2n) is 13.6. The Morgan fingerprint density at radius 1 is 1.17 bits per heavy atom. The maximum atomic E-state index is 13.4. The van der Waals surface area contributed by atoms with Gasteiger partial charge in [-0.3, -0.25) is 14.6 Å². The first-order chi connectivity index (χ1) is 22.1. The Balaban J connectivity index is 1.03. The number of nitrogens with one attached hydrogen (secondary N) is 2. The van der Waals surface area contributed by atoms with Crippen LogP contribution in [0.2, 0.25) is 5.02 Å². The standard InChI is InChI=1S/C34H46ClN7O4/c1-34(2,3)42-13-11-41(12-14-42)31-16-24(15-30(39-31)38-25-5-4-6-25)33(44)37-17-26(43)20-40-10-9-28-23(19-40)7-8-29(32(28)35)45-21-27-18-36-22-46-27/h7-8,15-16,18,22,25-26,43H,4-6,9-14,17,19-21H2,1-3H3,(H,37,44)(H,38,39)/t26-/m0/s1. The molecule has 0 radical (unpaired) electrons. The first-order valence-corrected chi connectivity index (χ1v) is 16.8. The van der Waals surface area contributed by atoms with Crippen molar-refractivity contribution in [3.8, 4) is 5.75 Å². The third-order valence-electron chi connectivity index (χ3n) is 9.28. The zero-order chi connectivity index (χ0) is 32.3. The maximum absolute atomic E-state index is 13.4. The zero-order valence-electron chi connectivity index (χ0n) is 27.1. The number of β-amino-alcohol motifs (C(OH)–C–C–N with tert-alkyl or cyclic N) is 1. The number of carbonyl (C=O) groups is 1. The first kappa shape index (κ1) is 32.6. The van der Waals surface area contributed by atoms with Gasteiger partial charge in [0, 0.05) is 69.5 Å². The summed E-state index contributed by atoms with van der Waals surface area (Å²) in [6.07, 6.45) is 6.47. The quantitative estimate of drug-likeness (QED) is 0.276. The summed E-state index contributed by atoms with van der Waals surface area (Å²) in [7, 11) is 0. The van der Waals surface area contributed by atoms with E-state index in [-0.39, 0.29) is 24.6 Å². The van der Waals surface area contributed by atoms with Gasteiger partial charge in [0.05, 0.1) is 17.3 Å². The minimum atomic E-state index is -0.718. The van der Waals surface area contributed by atoms with E-state index in [0.717, 1.165) is 74.7 Å². The molecule has 4 heterocycles. The van der Waals surface area contributed by atoms with E-state index in [1.54, 1.807) is 6.20 Å². The molecule has 3 aliphatic rings. The summed E-state index contributed by atoms with van der Waals surface area (Å²) in [6.45, 7) is 12.6. The van der Waals surface area contributed by atoms with E-state index in [1.165, 1.54) is 12.8 Å². The molecule has 0 bridgehead atoms. The largest absolute Gasteiger partial charge is 0.484 e. The summed E-state index contributed by atoms with van der Waals surface area (Å²) in [5.41, 5.74) is 2.86. The number of ether oxygens (including phenoxy) is 1. The number of aliphatic hydroxyl groups excluding tert-OH is 1. The fraction of sp³-hybridized carbons (Fsp3) is 0.559. The fourth-order valence-electron chi connectivity index (χ4n) is 6.30. The number of aliphatic hydroxyl groups is 1. The van der Waals surface area contributed by atoms with Crippen LogP contribution in [0.25, 0.3) is 0 Å². The lowest BCUT2D eigenvalue weighted by molar-refractivity contribution is 0.0841. The highest BCUT2D eigenvalue weighted by Gasteiger charge is 2.28. The van der Waals surface area contributed by atoms with E-state index < -0.39 is 6.10 Å². The first-order valence-electron chi connectivity index (χ1n) is 16.4. The van der Waals surface area contributed by atoms with E-state index in [1.807, 2.05) is 24.3 Å². The summed E-state index contributed by atoms with van der Waals surface area (Å²) in [4.78, 5) is 29.1. The van der Waals surface area contributed by atoms with Gasteiger partial charge in [-0.15, -0.1) is 0 Å². The Bertz CT molecular complexity index is 1480. The van der Waals surface area contributed by atoms with Crippen LogP contribution in [0.1, 0.15) is 67.3 Å². The lowest BCUT2D eigenvalue weighted by atomic mass is 9.93. The van der Waals surface area contributed by atoms with Gasteiger partial charge in [-0.1, -0.05) is 17.7 Å². The van der Waals surface area contributed by atoms with Crippen LogP contribution in [-0.4, -0.2) is 94.3 Å². The van der Waals surface area contributed by atoms with Gasteiger partial charge in [0.2, 0.25) is 0 Å². The Kier molecular flexibility index (Phi) is 10.0. The molecule has 11 nitrogen and oxygen atoms in total. The number of pyridine rings is 1. The van der Waals surface area contributed by atoms with E-state index in [0.29, 0.717) is 41.2 Å². The number of nitrogens with zero attached hydrogens (tertiary/aromatic N) is 5. The highest BCUT2D eigenvalue weighted by Crippen LogP contribution is 2.34. The van der Waals surface area contributed by atoms with Crippen LogP contribution in [0.5, 0.6) is 5.75 Å². The van der Waals surface area contributed by atoms with Gasteiger partial charge in [-0.2, -0.15) is 0 Å². The van der Waals surface area contributed by atoms with Crippen LogP contribution >= 0.6 is 11.6 Å². The smallest absolute Gasteiger partial charge is 0.251 e. The number of fused-ring (bicyclic) bond motifs is 1. The van der Waals surface area contributed by atoms with Crippen LogP contribution in [0, 0.1) is 0 Å². The van der Waals surface area contributed by atoms with Crippen molar-refractivity contribution < 1.29 is 19.1 Å². The molecule has 248 valence electrons. The number of benzene rings is 1. The van der Waals surface area contributed by atoms with Crippen molar-refractivity contribution in [1.82, 2.24) is 25.1 Å². The van der Waals surface area contributed by atoms with Gasteiger partial charge in [-0.25, -0.2) is 9.97 Å². The highest BCUT2D eigenvalue weighted by molar-refractivity contribution is 6.33. The molecule has 1 saturated carbocycles. The number of hydrogen-bond acceptors (Lipinski definition) is 10. The molecule has 2 aliphatic heterocycles. The molecule has 1 amide bonds. The van der Waals surface area contributed by atoms with E-state index in [2.05, 4.69) is 51.1 Å². The molecule has 0 unspecified atom stereocenters. The Labute approximate surface area is 276 Å². The van der Waals surface area contributed by atoms with Crippen molar-refractivity contribution in [1.29, 1.82) is 0 Å². The second-order valence-corrected chi connectivity index (χ2v) is 14.0. The summed E-state index contributed by atoms with van der Waals surface area (Å²) in [5, 5.41) is 18.0. The van der Waals surface area contributed by atoms with Crippen molar-refractivity contribution in [2.24, 2.45) is 0 Å². The van der Waals surface area contributed by atoms with Crippen LogP contribution in [0.3, 0.4) is 0 Å². The van der Waals surface area contributed by atoms with Crippen LogP contribution in [0.15, 0.2) is 41.3 Å². The number of aromatic nitrogens is 2. The highest BCUT2D eigenvalue weighted by atomic mass is 35.5. The third kappa shape index (κ3) is 7.94. The number of amides is 1. The average Bonchev–Trinajstić information content (AvgIpc) is 3.55. The number of piperazine rings is 1. The summed E-state index contributed by atoms with van der Waals surface area (Å²) < 4.78 is 11.1. The molecular formula is C34H46ClN7O4. The second kappa shape index (κ2) is 14.2. The molecular weight excluding hydrogens is 606 g/mol. The molecule has 46 heavy (non-hydrogen) atoms. The van der Waals surface area contributed by atoms with Crippen molar-refractivity contribution in [3.63, 3.8) is 0 Å². The van der Waals surface area contributed by atoms with Crippen molar-refractivity contribution in [2.45, 2.75) is 77.3 Å². The van der Waals surface area contributed by atoms with E-state index in [9.17, 15) is 9.90 Å². The minimum absolute atomic E-state index is 0.126. The lowest BCUT2D eigenvalue weighted by Gasteiger charge is -2.42. The van der Waals surface area contributed by atoms with Gasteiger partial charge >= 0.3 is 0 Å². The molecule has 1 aromatic carbocycles. The van der Waals surface area contributed by atoms with Gasteiger partial charge in [0.25, 0.3) is 5.91 Å². The van der Waals surface area contributed by atoms with Gasteiger partial charge in [0.15, 0.2) is 12.2 Å².